The molecule has 0 N–H and O–H groups in total. The molecule has 1 fully saturated rings. The van der Waals surface area contributed by atoms with Crippen LogP contribution in [0.15, 0.2) is 24.3 Å². The molecule has 2 heterocycles. The van der Waals surface area contributed by atoms with Crippen LogP contribution in [0.4, 0.5) is 5.82 Å². The lowest BCUT2D eigenvalue weighted by Crippen LogP contribution is -2.44. The van der Waals surface area contributed by atoms with E-state index in [0.29, 0.717) is 17.5 Å². The van der Waals surface area contributed by atoms with Gasteiger partial charge in [-0.1, -0.05) is 29.8 Å². The first-order chi connectivity index (χ1) is 10.2. The summed E-state index contributed by atoms with van der Waals surface area (Å²) < 4.78 is 14.5. The number of hydrogen-bond acceptors (Lipinski definition) is 6. The van der Waals surface area contributed by atoms with Crippen molar-refractivity contribution in [2.75, 3.05) is 38.1 Å². The van der Waals surface area contributed by atoms with Crippen molar-refractivity contribution in [2.24, 2.45) is 0 Å². The number of nitrogens with zero attached hydrogens (tertiary/aromatic N) is 4. The molecule has 1 aromatic carbocycles. The second-order valence-corrected chi connectivity index (χ2v) is 6.00. The number of benzene rings is 1. The number of halogens is 1. The van der Waals surface area contributed by atoms with E-state index in [1.165, 1.54) is 11.7 Å². The fraction of sp³-hybridized carbons (Fsp3) is 0.429. The predicted molar refractivity (Wildman–Crippen MR) is 85.4 cm³/mol. The fourth-order valence-electron chi connectivity index (χ4n) is 2.24. The monoisotopic (exact) mass is 324 g/mol. The van der Waals surface area contributed by atoms with Crippen LogP contribution in [-0.2, 0) is 6.61 Å². The molecule has 1 aliphatic heterocycles. The molecule has 1 aromatic heterocycles. The van der Waals surface area contributed by atoms with E-state index in [-0.39, 0.29) is 0 Å². The van der Waals surface area contributed by atoms with Gasteiger partial charge in [0.15, 0.2) is 0 Å². The lowest BCUT2D eigenvalue weighted by Gasteiger charge is -2.32. The van der Waals surface area contributed by atoms with Crippen LogP contribution in [0, 0.1) is 0 Å². The van der Waals surface area contributed by atoms with Crippen molar-refractivity contribution in [3.8, 4) is 5.88 Å². The zero-order valence-electron chi connectivity index (χ0n) is 11.8. The number of ether oxygens (including phenoxy) is 1. The highest BCUT2D eigenvalue weighted by molar-refractivity contribution is 6.99. The number of piperazine rings is 1. The molecule has 2 aromatic rings. The Morgan fingerprint density at radius 1 is 1.19 bits per heavy atom. The van der Waals surface area contributed by atoms with Crippen molar-refractivity contribution in [3.05, 3.63) is 34.9 Å². The lowest BCUT2D eigenvalue weighted by atomic mass is 10.2. The van der Waals surface area contributed by atoms with Gasteiger partial charge in [0, 0.05) is 36.8 Å². The Balaban J connectivity index is 1.67. The highest BCUT2D eigenvalue weighted by Gasteiger charge is 2.21. The summed E-state index contributed by atoms with van der Waals surface area (Å²) in [6.45, 7) is 4.36. The second-order valence-electron chi connectivity index (χ2n) is 5.06. The first-order valence-electron chi connectivity index (χ1n) is 6.86. The quantitative estimate of drug-likeness (QED) is 0.864. The van der Waals surface area contributed by atoms with Crippen LogP contribution in [0.5, 0.6) is 5.88 Å². The minimum Gasteiger partial charge on any atom is -0.469 e. The van der Waals surface area contributed by atoms with Crippen LogP contribution in [0.1, 0.15) is 5.56 Å². The summed E-state index contributed by atoms with van der Waals surface area (Å²) in [6, 6.07) is 7.68. The molecular formula is C14H17ClN4OS. The van der Waals surface area contributed by atoms with E-state index in [4.69, 9.17) is 16.3 Å². The van der Waals surface area contributed by atoms with Crippen molar-refractivity contribution in [1.82, 2.24) is 13.6 Å². The van der Waals surface area contributed by atoms with E-state index < -0.39 is 0 Å². The van der Waals surface area contributed by atoms with Crippen molar-refractivity contribution in [2.45, 2.75) is 6.61 Å². The summed E-state index contributed by atoms with van der Waals surface area (Å²) in [5, 5.41) is 0.710. The third-order valence-corrected chi connectivity index (χ3v) is 4.44. The molecule has 112 valence electrons. The highest BCUT2D eigenvalue weighted by Crippen LogP contribution is 2.28. The first kappa shape index (κ1) is 14.6. The molecule has 0 atom stereocenters. The number of hydrogen-bond donors (Lipinski definition) is 0. The molecule has 1 aliphatic rings. The standard InChI is InChI=1S/C14H17ClN4OS/c1-18-6-8-19(9-7-18)13-14(17-21-16-13)20-10-11-4-2-3-5-12(11)15/h2-5H,6-10H2,1H3. The normalized spacial score (nSPS) is 16.2. The molecule has 0 aliphatic carbocycles. The molecule has 0 bridgehead atoms. The van der Waals surface area contributed by atoms with Gasteiger partial charge in [-0.05, 0) is 13.1 Å². The zero-order valence-corrected chi connectivity index (χ0v) is 13.4. The molecule has 0 amide bonds. The van der Waals surface area contributed by atoms with Gasteiger partial charge in [0.1, 0.15) is 6.61 Å². The summed E-state index contributed by atoms with van der Waals surface area (Å²) >= 11 is 7.33. The second kappa shape index (κ2) is 6.60. The van der Waals surface area contributed by atoms with E-state index in [9.17, 15) is 0 Å². The Labute approximate surface area is 133 Å². The molecule has 7 heteroatoms. The third-order valence-electron chi connectivity index (χ3n) is 3.57. The van der Waals surface area contributed by atoms with Gasteiger partial charge in [0.2, 0.25) is 5.82 Å². The SMILES string of the molecule is CN1CCN(c2nsnc2OCc2ccccc2Cl)CC1. The molecule has 1 saturated heterocycles. The first-order valence-corrected chi connectivity index (χ1v) is 7.97. The van der Waals surface area contributed by atoms with Gasteiger partial charge in [-0.15, -0.1) is 4.37 Å². The molecule has 0 radical (unpaired) electrons. The topological polar surface area (TPSA) is 41.5 Å². The highest BCUT2D eigenvalue weighted by atomic mass is 35.5. The van der Waals surface area contributed by atoms with Crippen molar-refractivity contribution in [1.29, 1.82) is 0 Å². The summed E-state index contributed by atoms with van der Waals surface area (Å²) in [4.78, 5) is 4.53. The summed E-state index contributed by atoms with van der Waals surface area (Å²) in [5.74, 6) is 1.45. The third kappa shape index (κ3) is 3.45. The maximum Gasteiger partial charge on any atom is 0.271 e. The van der Waals surface area contributed by atoms with Crippen LogP contribution < -0.4 is 9.64 Å². The van der Waals surface area contributed by atoms with Gasteiger partial charge < -0.3 is 14.5 Å². The minimum absolute atomic E-state index is 0.409. The van der Waals surface area contributed by atoms with E-state index in [2.05, 4.69) is 25.6 Å². The van der Waals surface area contributed by atoms with E-state index in [1.54, 1.807) is 0 Å². The molecule has 5 nitrogen and oxygen atoms in total. The Morgan fingerprint density at radius 3 is 2.71 bits per heavy atom. The van der Waals surface area contributed by atoms with Gasteiger partial charge in [-0.2, -0.15) is 4.37 Å². The Bertz CT molecular complexity index is 598. The molecule has 21 heavy (non-hydrogen) atoms. The summed E-state index contributed by atoms with van der Waals surface area (Å²) in [5.41, 5.74) is 0.955. The van der Waals surface area contributed by atoms with Gasteiger partial charge in [0.05, 0.1) is 11.7 Å². The van der Waals surface area contributed by atoms with Crippen LogP contribution in [0.2, 0.25) is 5.02 Å². The number of rotatable bonds is 4. The lowest BCUT2D eigenvalue weighted by molar-refractivity contribution is 0.289. The molecule has 0 saturated carbocycles. The predicted octanol–water partition coefficient (Wildman–Crippen LogP) is 2.52. The number of aromatic nitrogens is 2. The number of likely N-dealkylation sites (N-methyl/N-ethyl adjacent to an activating group) is 1. The molecule has 0 spiro atoms. The van der Waals surface area contributed by atoms with Gasteiger partial charge >= 0.3 is 0 Å². The van der Waals surface area contributed by atoms with E-state index >= 15 is 0 Å². The average Bonchev–Trinajstić information content (AvgIpc) is 2.96. The maximum absolute atomic E-state index is 6.14. The molecule has 0 unspecified atom stereocenters. The fourth-order valence-corrected chi connectivity index (χ4v) is 2.95. The van der Waals surface area contributed by atoms with Crippen molar-refractivity contribution in [3.63, 3.8) is 0 Å². The van der Waals surface area contributed by atoms with Gasteiger partial charge in [-0.25, -0.2) is 0 Å². The van der Waals surface area contributed by atoms with Gasteiger partial charge in [0.25, 0.3) is 5.88 Å². The zero-order chi connectivity index (χ0) is 14.7. The van der Waals surface area contributed by atoms with Crippen LogP contribution >= 0.6 is 23.3 Å². The smallest absolute Gasteiger partial charge is 0.271 e. The largest absolute Gasteiger partial charge is 0.469 e. The van der Waals surface area contributed by atoms with E-state index in [0.717, 1.165) is 37.6 Å². The van der Waals surface area contributed by atoms with Crippen LogP contribution in [-0.4, -0.2) is 46.9 Å². The summed E-state index contributed by atoms with van der Waals surface area (Å²) in [7, 11) is 2.13. The van der Waals surface area contributed by atoms with Crippen LogP contribution in [0.25, 0.3) is 0 Å². The molecule has 3 rings (SSSR count). The minimum atomic E-state index is 0.409. The molecular weight excluding hydrogens is 308 g/mol. The number of anilines is 1. The average molecular weight is 325 g/mol. The van der Waals surface area contributed by atoms with Gasteiger partial charge in [-0.3, -0.25) is 0 Å². The maximum atomic E-state index is 6.14. The van der Waals surface area contributed by atoms with Crippen molar-refractivity contribution < 1.29 is 4.74 Å². The Kier molecular flexibility index (Phi) is 4.57. The van der Waals surface area contributed by atoms with Crippen molar-refractivity contribution >= 4 is 29.1 Å². The van der Waals surface area contributed by atoms with E-state index in [1.807, 2.05) is 24.3 Å². The Morgan fingerprint density at radius 2 is 1.95 bits per heavy atom. The Hall–Kier alpha value is -1.37. The van der Waals surface area contributed by atoms with Crippen LogP contribution in [0.3, 0.4) is 0 Å². The summed E-state index contributed by atoms with van der Waals surface area (Å²) in [6.07, 6.45) is 0.